The minimum atomic E-state index is -0.297. The number of aryl methyl sites for hydroxylation is 1. The highest BCUT2D eigenvalue weighted by Crippen LogP contribution is 2.25. The molecule has 0 spiro atoms. The molecule has 3 aromatic rings. The number of aromatic nitrogens is 2. The fraction of sp³-hybridized carbons (Fsp3) is 0.267. The van der Waals surface area contributed by atoms with Crippen LogP contribution in [0.3, 0.4) is 0 Å². The van der Waals surface area contributed by atoms with Gasteiger partial charge in [-0.2, -0.15) is 0 Å². The molecule has 0 aliphatic rings. The van der Waals surface area contributed by atoms with Crippen LogP contribution < -0.4 is 0 Å². The first-order valence-electron chi connectivity index (χ1n) is 6.49. The maximum atomic E-state index is 13.8. The van der Waals surface area contributed by atoms with Crippen molar-refractivity contribution in [3.8, 4) is 0 Å². The number of alkyl halides is 1. The van der Waals surface area contributed by atoms with Crippen LogP contribution in [0.1, 0.15) is 23.2 Å². The van der Waals surface area contributed by atoms with Crippen molar-refractivity contribution >= 4 is 34.0 Å². The Balaban J connectivity index is 2.13. The van der Waals surface area contributed by atoms with Crippen molar-refractivity contribution in [1.29, 1.82) is 0 Å². The zero-order valence-electron chi connectivity index (χ0n) is 11.1. The van der Waals surface area contributed by atoms with Crippen molar-refractivity contribution in [1.82, 2.24) is 9.55 Å². The molecule has 2 aromatic heterocycles. The molecular weight excluding hydrogens is 295 g/mol. The maximum Gasteiger partial charge on any atom is 0.151 e. The van der Waals surface area contributed by atoms with Gasteiger partial charge in [0.15, 0.2) is 5.82 Å². The monoisotopic (exact) mass is 308 g/mol. The average Bonchev–Trinajstić information content (AvgIpc) is 3.05. The van der Waals surface area contributed by atoms with E-state index in [9.17, 15) is 4.39 Å². The first kappa shape index (κ1) is 13.6. The van der Waals surface area contributed by atoms with Crippen LogP contribution in [0.4, 0.5) is 4.39 Å². The summed E-state index contributed by atoms with van der Waals surface area (Å²) in [6.45, 7) is 2.84. The highest BCUT2D eigenvalue weighted by molar-refractivity contribution is 7.10. The predicted octanol–water partition coefficient (Wildman–Crippen LogP) is 4.59. The number of halogens is 2. The average molecular weight is 309 g/mol. The molecule has 0 bridgehead atoms. The van der Waals surface area contributed by atoms with Crippen LogP contribution in [0.2, 0.25) is 0 Å². The van der Waals surface area contributed by atoms with Crippen LogP contribution in [0.15, 0.2) is 29.6 Å². The van der Waals surface area contributed by atoms with E-state index in [1.54, 1.807) is 17.4 Å². The molecule has 0 aliphatic carbocycles. The normalized spacial score (nSPS) is 11.3. The van der Waals surface area contributed by atoms with E-state index >= 15 is 0 Å². The van der Waals surface area contributed by atoms with Gasteiger partial charge in [0.25, 0.3) is 0 Å². The molecule has 0 fully saturated rings. The Morgan fingerprint density at radius 2 is 2.20 bits per heavy atom. The van der Waals surface area contributed by atoms with E-state index in [0.29, 0.717) is 17.9 Å². The van der Waals surface area contributed by atoms with E-state index < -0.39 is 0 Å². The third kappa shape index (κ3) is 2.23. The fourth-order valence-electron chi connectivity index (χ4n) is 2.40. The number of nitrogens with zero attached hydrogens (tertiary/aromatic N) is 2. The smallest absolute Gasteiger partial charge is 0.151 e. The minimum absolute atomic E-state index is 0.279. The molecule has 104 valence electrons. The second-order valence-electron chi connectivity index (χ2n) is 4.58. The van der Waals surface area contributed by atoms with Crippen LogP contribution in [0, 0.1) is 5.82 Å². The van der Waals surface area contributed by atoms with Gasteiger partial charge in [-0.3, -0.25) is 0 Å². The zero-order chi connectivity index (χ0) is 14.1. The lowest BCUT2D eigenvalue weighted by Gasteiger charge is -2.08. The molecule has 0 aliphatic heterocycles. The largest absolute Gasteiger partial charge is 0.322 e. The molecule has 5 heteroatoms. The van der Waals surface area contributed by atoms with E-state index in [1.165, 1.54) is 16.5 Å². The maximum absolute atomic E-state index is 13.8. The number of hydrogen-bond donors (Lipinski definition) is 0. The number of hydrogen-bond acceptors (Lipinski definition) is 2. The number of benzene rings is 1. The van der Waals surface area contributed by atoms with Crippen molar-refractivity contribution in [2.24, 2.45) is 0 Å². The number of imidazole rings is 1. The number of rotatable bonds is 4. The van der Waals surface area contributed by atoms with Crippen molar-refractivity contribution in [3.05, 3.63) is 51.7 Å². The van der Waals surface area contributed by atoms with Crippen LogP contribution in [0.5, 0.6) is 0 Å². The number of thiophene rings is 1. The van der Waals surface area contributed by atoms with Gasteiger partial charge in [0.05, 0.1) is 17.9 Å². The molecule has 0 amide bonds. The Morgan fingerprint density at radius 1 is 1.35 bits per heavy atom. The summed E-state index contributed by atoms with van der Waals surface area (Å²) < 4.78 is 15.8. The topological polar surface area (TPSA) is 17.8 Å². The first-order valence-corrected chi connectivity index (χ1v) is 7.90. The van der Waals surface area contributed by atoms with Crippen LogP contribution in [-0.4, -0.2) is 9.55 Å². The summed E-state index contributed by atoms with van der Waals surface area (Å²) in [4.78, 5) is 5.61. The second kappa shape index (κ2) is 5.54. The summed E-state index contributed by atoms with van der Waals surface area (Å²) in [6, 6.07) is 7.17. The second-order valence-corrected chi connectivity index (χ2v) is 5.85. The van der Waals surface area contributed by atoms with Gasteiger partial charge in [-0.15, -0.1) is 22.9 Å². The SMILES string of the molecule is CCc1ccsc1Cn1c(CCl)nc2c(F)cccc21. The Labute approximate surface area is 125 Å². The third-order valence-corrected chi connectivity index (χ3v) is 4.64. The Morgan fingerprint density at radius 3 is 2.95 bits per heavy atom. The summed E-state index contributed by atoms with van der Waals surface area (Å²) in [5, 5.41) is 2.09. The minimum Gasteiger partial charge on any atom is -0.322 e. The lowest BCUT2D eigenvalue weighted by atomic mass is 10.2. The van der Waals surface area contributed by atoms with Crippen molar-refractivity contribution in [2.45, 2.75) is 25.8 Å². The molecule has 0 radical (unpaired) electrons. The third-order valence-electron chi connectivity index (χ3n) is 3.45. The zero-order valence-corrected chi connectivity index (χ0v) is 12.6. The van der Waals surface area contributed by atoms with Gasteiger partial charge >= 0.3 is 0 Å². The van der Waals surface area contributed by atoms with E-state index in [2.05, 4.69) is 23.4 Å². The quantitative estimate of drug-likeness (QED) is 0.645. The highest BCUT2D eigenvalue weighted by atomic mass is 35.5. The van der Waals surface area contributed by atoms with Gasteiger partial charge in [0.2, 0.25) is 0 Å². The molecule has 0 atom stereocenters. The Hall–Kier alpha value is -1.39. The van der Waals surface area contributed by atoms with E-state index in [4.69, 9.17) is 11.6 Å². The van der Waals surface area contributed by atoms with E-state index in [1.807, 2.05) is 10.6 Å². The summed E-state index contributed by atoms with van der Waals surface area (Å²) in [5.74, 6) is 0.692. The summed E-state index contributed by atoms with van der Waals surface area (Å²) in [7, 11) is 0. The molecule has 0 N–H and O–H groups in total. The summed E-state index contributed by atoms with van der Waals surface area (Å²) in [6.07, 6.45) is 0.996. The molecule has 3 rings (SSSR count). The van der Waals surface area contributed by atoms with Crippen molar-refractivity contribution in [3.63, 3.8) is 0 Å². The van der Waals surface area contributed by atoms with Crippen molar-refractivity contribution in [2.75, 3.05) is 0 Å². The van der Waals surface area contributed by atoms with E-state index in [-0.39, 0.29) is 11.7 Å². The number of para-hydroxylation sites is 1. The predicted molar refractivity (Wildman–Crippen MR) is 82.0 cm³/mol. The van der Waals surface area contributed by atoms with Gasteiger partial charge in [0, 0.05) is 4.88 Å². The number of fused-ring (bicyclic) bond motifs is 1. The van der Waals surface area contributed by atoms with E-state index in [0.717, 1.165) is 11.9 Å². The van der Waals surface area contributed by atoms with Gasteiger partial charge in [0.1, 0.15) is 11.3 Å². The molecular formula is C15H14ClFN2S. The lowest BCUT2D eigenvalue weighted by molar-refractivity contribution is 0.637. The lowest BCUT2D eigenvalue weighted by Crippen LogP contribution is -2.04. The van der Waals surface area contributed by atoms with Gasteiger partial charge in [-0.05, 0) is 35.6 Å². The molecule has 0 unspecified atom stereocenters. The van der Waals surface area contributed by atoms with Crippen LogP contribution in [-0.2, 0) is 18.8 Å². The standard InChI is InChI=1S/C15H14ClFN2S/c1-2-10-6-7-20-13(10)9-19-12-5-3-4-11(17)15(12)18-14(19)8-16/h3-7H,2,8-9H2,1H3. The Kier molecular flexibility index (Phi) is 3.76. The molecule has 0 saturated heterocycles. The first-order chi connectivity index (χ1) is 9.74. The molecule has 1 aromatic carbocycles. The molecule has 0 saturated carbocycles. The van der Waals surface area contributed by atoms with Gasteiger partial charge in [-0.1, -0.05) is 13.0 Å². The van der Waals surface area contributed by atoms with Crippen molar-refractivity contribution < 1.29 is 4.39 Å². The fourth-order valence-corrected chi connectivity index (χ4v) is 3.57. The molecule has 2 nitrogen and oxygen atoms in total. The van der Waals surface area contributed by atoms with Crippen LogP contribution >= 0.6 is 22.9 Å². The van der Waals surface area contributed by atoms with Gasteiger partial charge < -0.3 is 4.57 Å². The van der Waals surface area contributed by atoms with Crippen LogP contribution in [0.25, 0.3) is 11.0 Å². The summed E-state index contributed by atoms with van der Waals surface area (Å²) >= 11 is 7.69. The van der Waals surface area contributed by atoms with Gasteiger partial charge in [-0.25, -0.2) is 9.37 Å². The highest BCUT2D eigenvalue weighted by Gasteiger charge is 2.14. The molecule has 2 heterocycles. The molecule has 20 heavy (non-hydrogen) atoms. The Bertz CT molecular complexity index is 747. The summed E-state index contributed by atoms with van der Waals surface area (Å²) in [5.41, 5.74) is 2.53.